The SMILES string of the molecule is COc1ccc(C(NC(=O)C(Cc2ccc(OCC(=O)O)cc2)NC(=O)C(F)(F)c2cccc(Cl)c2)C(=O)NC(C(=O)C(F)(F)C(=O)NCC(F)(F)F)C(C)C)cc1. The standard InChI is InChI=1S/C37H36ClF7N4O9/c1-19(2)28(30(52)37(44,45)33(55)46-18-35(39,40)41)48-32(54)29(21-9-13-24(57-3)14-10-21)49-31(53)26(15-20-7-11-25(12-8-20)58-17-27(50)51)47-34(56)36(42,43)22-5-4-6-23(38)16-22/h4-14,16,19,26,28-29H,15,17-18H2,1-3H3,(H,46,55)(H,47,56)(H,48,54)(H,49,53)(H,50,51). The molecule has 5 N–H and O–H groups in total. The molecule has 0 radical (unpaired) electrons. The van der Waals surface area contributed by atoms with E-state index in [9.17, 15) is 50.7 Å². The van der Waals surface area contributed by atoms with Crippen molar-refractivity contribution in [3.8, 4) is 11.5 Å². The van der Waals surface area contributed by atoms with Gasteiger partial charge in [-0.1, -0.05) is 61.8 Å². The molecule has 0 aliphatic heterocycles. The number of rotatable bonds is 19. The predicted molar refractivity (Wildman–Crippen MR) is 190 cm³/mol. The van der Waals surface area contributed by atoms with E-state index in [0.29, 0.717) is 0 Å². The molecule has 13 nitrogen and oxygen atoms in total. The molecule has 3 unspecified atom stereocenters. The van der Waals surface area contributed by atoms with Gasteiger partial charge in [0, 0.05) is 17.0 Å². The number of carboxylic acids is 1. The maximum absolute atomic E-state index is 15.5. The van der Waals surface area contributed by atoms with Crippen LogP contribution < -0.4 is 30.7 Å². The molecule has 0 bridgehead atoms. The van der Waals surface area contributed by atoms with Gasteiger partial charge in [0.2, 0.25) is 17.6 Å². The number of halogens is 8. The second kappa shape index (κ2) is 19.5. The van der Waals surface area contributed by atoms with Crippen LogP contribution in [0.25, 0.3) is 0 Å². The number of carbonyl (C=O) groups is 6. The van der Waals surface area contributed by atoms with Crippen molar-refractivity contribution < 1.29 is 74.1 Å². The van der Waals surface area contributed by atoms with Crippen LogP contribution >= 0.6 is 11.6 Å². The molecule has 314 valence electrons. The molecule has 21 heteroatoms. The smallest absolute Gasteiger partial charge is 0.405 e. The summed E-state index contributed by atoms with van der Waals surface area (Å²) in [7, 11) is 1.29. The monoisotopic (exact) mass is 848 g/mol. The third-order valence-corrected chi connectivity index (χ3v) is 8.34. The summed E-state index contributed by atoms with van der Waals surface area (Å²) >= 11 is 5.84. The zero-order valence-electron chi connectivity index (χ0n) is 30.6. The number of carboxylic acid groups (broad SMARTS) is 1. The fourth-order valence-electron chi connectivity index (χ4n) is 5.09. The Labute approximate surface area is 330 Å². The molecule has 0 aliphatic carbocycles. The summed E-state index contributed by atoms with van der Waals surface area (Å²) in [6.07, 6.45) is -5.65. The van der Waals surface area contributed by atoms with Crippen LogP contribution in [-0.2, 0) is 41.1 Å². The number of hydrogen-bond acceptors (Lipinski definition) is 8. The van der Waals surface area contributed by atoms with E-state index in [4.69, 9.17) is 26.2 Å². The number of carbonyl (C=O) groups excluding carboxylic acids is 5. The van der Waals surface area contributed by atoms with Crippen molar-refractivity contribution >= 4 is 47.0 Å². The number of Topliss-reactive ketones (excluding diaryl/α,β-unsaturated/α-hetero) is 1. The predicted octanol–water partition coefficient (Wildman–Crippen LogP) is 4.51. The minimum atomic E-state index is -5.10. The third kappa shape index (κ3) is 12.8. The van der Waals surface area contributed by atoms with E-state index in [0.717, 1.165) is 37.4 Å². The molecule has 3 aromatic rings. The Morgan fingerprint density at radius 2 is 1.38 bits per heavy atom. The first kappa shape index (κ1) is 46.5. The lowest BCUT2D eigenvalue weighted by Gasteiger charge is -2.29. The largest absolute Gasteiger partial charge is 0.497 e. The lowest BCUT2D eigenvalue weighted by molar-refractivity contribution is -0.165. The number of ketones is 1. The Balaban J connectivity index is 2.01. The molecule has 3 rings (SSSR count). The summed E-state index contributed by atoms with van der Waals surface area (Å²) in [5, 5.41) is 15.8. The van der Waals surface area contributed by atoms with E-state index in [2.05, 4.69) is 5.32 Å². The van der Waals surface area contributed by atoms with E-state index in [-0.39, 0.29) is 27.6 Å². The number of methoxy groups -OCH3 is 1. The van der Waals surface area contributed by atoms with Crippen LogP contribution in [0.1, 0.15) is 36.6 Å². The van der Waals surface area contributed by atoms with Crippen LogP contribution in [0, 0.1) is 5.92 Å². The number of benzene rings is 3. The fourth-order valence-corrected chi connectivity index (χ4v) is 5.28. The molecule has 58 heavy (non-hydrogen) atoms. The highest BCUT2D eigenvalue weighted by Gasteiger charge is 2.52. The highest BCUT2D eigenvalue weighted by Crippen LogP contribution is 2.31. The second-order valence-electron chi connectivity index (χ2n) is 12.8. The lowest BCUT2D eigenvalue weighted by Crippen LogP contribution is -2.59. The van der Waals surface area contributed by atoms with E-state index >= 15 is 8.78 Å². The zero-order valence-corrected chi connectivity index (χ0v) is 31.4. The van der Waals surface area contributed by atoms with Gasteiger partial charge in [-0.2, -0.15) is 30.7 Å². The molecular formula is C37H36ClF7N4O9. The van der Waals surface area contributed by atoms with Crippen molar-refractivity contribution in [1.29, 1.82) is 0 Å². The Kier molecular flexibility index (Phi) is 15.6. The van der Waals surface area contributed by atoms with Crippen LogP contribution in [-0.4, -0.2) is 84.9 Å². The quantitative estimate of drug-likeness (QED) is 0.0854. The Morgan fingerprint density at radius 1 is 0.776 bits per heavy atom. The Hall–Kier alpha value is -5.92. The maximum atomic E-state index is 15.5. The average molecular weight is 849 g/mol. The van der Waals surface area contributed by atoms with Gasteiger partial charge >= 0.3 is 24.0 Å². The second-order valence-corrected chi connectivity index (χ2v) is 13.3. The molecule has 0 fully saturated rings. The van der Waals surface area contributed by atoms with E-state index in [1.54, 1.807) is 0 Å². The van der Waals surface area contributed by atoms with E-state index in [1.165, 1.54) is 61.7 Å². The highest BCUT2D eigenvalue weighted by molar-refractivity contribution is 6.30. The molecule has 3 atom stereocenters. The molecule has 0 spiro atoms. The zero-order chi connectivity index (χ0) is 43.6. The molecule has 0 saturated carbocycles. The normalized spacial score (nSPS) is 13.4. The molecule has 3 aromatic carbocycles. The van der Waals surface area contributed by atoms with Crippen LogP contribution in [0.5, 0.6) is 11.5 Å². The van der Waals surface area contributed by atoms with Gasteiger partial charge in [-0.25, -0.2) is 4.79 Å². The number of hydrogen-bond donors (Lipinski definition) is 5. The van der Waals surface area contributed by atoms with Crippen LogP contribution in [0.2, 0.25) is 5.02 Å². The highest BCUT2D eigenvalue weighted by atomic mass is 35.5. The maximum Gasteiger partial charge on any atom is 0.405 e. The summed E-state index contributed by atoms with van der Waals surface area (Å²) in [5.74, 6) is -21.1. The van der Waals surface area contributed by atoms with Crippen molar-refractivity contribution in [3.05, 3.63) is 94.5 Å². The van der Waals surface area contributed by atoms with Crippen molar-refractivity contribution in [2.24, 2.45) is 5.92 Å². The minimum absolute atomic E-state index is 0.0672. The summed E-state index contributed by atoms with van der Waals surface area (Å²) in [5.41, 5.74) is -0.762. The van der Waals surface area contributed by atoms with Crippen LogP contribution in [0.3, 0.4) is 0 Å². The van der Waals surface area contributed by atoms with Crippen LogP contribution in [0.4, 0.5) is 30.7 Å². The summed E-state index contributed by atoms with van der Waals surface area (Å²) in [4.78, 5) is 76.8. The summed E-state index contributed by atoms with van der Waals surface area (Å²) in [6, 6.07) is 8.28. The summed E-state index contributed by atoms with van der Waals surface area (Å²) < 4.78 is 109. The van der Waals surface area contributed by atoms with Crippen molar-refractivity contribution in [2.75, 3.05) is 20.3 Å². The van der Waals surface area contributed by atoms with Gasteiger partial charge < -0.3 is 35.8 Å². The molecule has 0 aliphatic rings. The minimum Gasteiger partial charge on any atom is -0.497 e. The average Bonchev–Trinajstić information content (AvgIpc) is 3.16. The van der Waals surface area contributed by atoms with Gasteiger partial charge in [0.15, 0.2) is 6.61 Å². The first-order valence-corrected chi connectivity index (χ1v) is 17.2. The van der Waals surface area contributed by atoms with Gasteiger partial charge in [-0.3, -0.25) is 24.0 Å². The number of amides is 4. The van der Waals surface area contributed by atoms with Crippen molar-refractivity contribution in [2.45, 2.75) is 56.4 Å². The van der Waals surface area contributed by atoms with Gasteiger partial charge in [-0.05, 0) is 53.4 Å². The molecule has 4 amide bonds. The number of aliphatic carboxylic acids is 1. The molecule has 0 heterocycles. The first-order chi connectivity index (χ1) is 27.0. The topological polar surface area (TPSA) is 189 Å². The number of alkyl halides is 7. The molecule has 0 saturated heterocycles. The van der Waals surface area contributed by atoms with Gasteiger partial charge in [0.25, 0.3) is 11.8 Å². The molecular weight excluding hydrogens is 813 g/mol. The van der Waals surface area contributed by atoms with Crippen molar-refractivity contribution in [1.82, 2.24) is 21.3 Å². The van der Waals surface area contributed by atoms with E-state index in [1.807, 2.05) is 10.6 Å². The van der Waals surface area contributed by atoms with Gasteiger partial charge in [0.05, 0.1) is 13.2 Å². The molecule has 0 aromatic heterocycles. The van der Waals surface area contributed by atoms with Gasteiger partial charge in [-0.15, -0.1) is 0 Å². The van der Waals surface area contributed by atoms with Gasteiger partial charge in [0.1, 0.15) is 30.1 Å². The summed E-state index contributed by atoms with van der Waals surface area (Å²) in [6.45, 7) is -0.571. The fraction of sp³-hybridized carbons (Fsp3) is 0.351. The number of ether oxygens (including phenoxy) is 2. The Morgan fingerprint density at radius 3 is 1.91 bits per heavy atom. The van der Waals surface area contributed by atoms with Crippen molar-refractivity contribution in [3.63, 3.8) is 0 Å². The third-order valence-electron chi connectivity index (χ3n) is 8.11. The first-order valence-electron chi connectivity index (χ1n) is 16.9. The van der Waals surface area contributed by atoms with E-state index < -0.39 is 103 Å². The Bertz CT molecular complexity index is 1960. The lowest BCUT2D eigenvalue weighted by atomic mass is 9.94. The number of nitrogens with one attached hydrogen (secondary N) is 4. The van der Waals surface area contributed by atoms with Crippen LogP contribution in [0.15, 0.2) is 72.8 Å².